The first-order chi connectivity index (χ1) is 69.1. The van der Waals surface area contributed by atoms with Crippen LogP contribution in [-0.2, 0) is 57.5 Å². The number of nitrogens with one attached hydrogen (secondary N) is 10. The highest BCUT2D eigenvalue weighted by Crippen LogP contribution is 2.40. The van der Waals surface area contributed by atoms with Gasteiger partial charge in [-0.3, -0.25) is 62.6 Å². The van der Waals surface area contributed by atoms with Crippen LogP contribution >= 0.6 is 46.2 Å². The molecule has 34 nitrogen and oxygen atoms in total. The number of halogens is 1. The van der Waals surface area contributed by atoms with E-state index in [1.807, 2.05) is 170 Å². The van der Waals surface area contributed by atoms with Crippen molar-refractivity contribution >= 4 is 138 Å². The van der Waals surface area contributed by atoms with E-state index >= 15 is 0 Å². The number of carbonyl (C=O) groups excluding carboxylic acids is 12. The number of aromatic amines is 1. The van der Waals surface area contributed by atoms with Gasteiger partial charge in [0.1, 0.15) is 80.4 Å². The highest BCUT2D eigenvalue weighted by atomic mass is 35.5. The molecule has 12 amide bonds. The summed E-state index contributed by atoms with van der Waals surface area (Å²) in [6, 6.07) is 39.5. The van der Waals surface area contributed by atoms with Crippen molar-refractivity contribution in [1.29, 1.82) is 0 Å². The average molecular weight is 2030 g/mol. The van der Waals surface area contributed by atoms with Gasteiger partial charge in [0.15, 0.2) is 5.82 Å². The number of aliphatic hydroxyl groups excluding tert-OH is 1. The Bertz CT molecular complexity index is 5740. The monoisotopic (exact) mass is 2030 g/mol. The minimum absolute atomic E-state index is 0.0615. The summed E-state index contributed by atoms with van der Waals surface area (Å²) in [7, 11) is 1.73. The van der Waals surface area contributed by atoms with Crippen LogP contribution in [-0.4, -0.2) is 222 Å². The molecule has 7 fully saturated rings. The highest BCUT2D eigenvalue weighted by Gasteiger charge is 2.47. The van der Waals surface area contributed by atoms with Gasteiger partial charge in [-0.05, 0) is 177 Å². The maximum absolute atomic E-state index is 13.8. The SMILES string of the molecule is CC[C@@H](C)C(=O)N[C@@H](CC1CCCC1)C(=O)N1CCC[C@H]1C(=O)Nc1snnc1-c1ccccc1.CC[C@@H](C)C(=O)N[C@H](C(=O)N1CCC[C@H]1C(=O)Nc1snnc1-c1ccccc1)C1CCC(O)CC1.CC[C@@H](C)C(=O)N[C@H](C(=O)N1CCC[C@H]1C(=O)Nc1snnc1-c1ccccc1)c1ccc(Cl)cc1.CN[C@@H](C)C(=O)N[C@H](C(=O)N1CCC[C@H]1C(=O)Nc1n[nH]c(C)c1-c1ccccc1)C1CCCCC1. The number of likely N-dealkylation sites (N-methyl/N-ethyl adjacent to an activating group) is 1. The zero-order valence-electron chi connectivity index (χ0n) is 83.0. The molecule has 8 heterocycles. The first-order valence-corrected chi connectivity index (χ1v) is 53.4. The summed E-state index contributed by atoms with van der Waals surface area (Å²) in [4.78, 5) is 166. The Morgan fingerprint density at radius 1 is 0.413 bits per heavy atom. The molecule has 3 aliphatic carbocycles. The number of benzene rings is 5. The number of hydrogen-bond acceptors (Lipinski definition) is 24. The lowest BCUT2D eigenvalue weighted by Crippen LogP contribution is -2.57. The second-order valence-electron chi connectivity index (χ2n) is 38.4. The van der Waals surface area contributed by atoms with Crippen molar-refractivity contribution in [2.24, 2.45) is 35.5 Å². The van der Waals surface area contributed by atoms with Crippen molar-refractivity contribution in [3.8, 4) is 44.9 Å². The van der Waals surface area contributed by atoms with Crippen molar-refractivity contribution in [3.05, 3.63) is 162 Å². The van der Waals surface area contributed by atoms with Gasteiger partial charge < -0.3 is 72.6 Å². The molecule has 0 radical (unpaired) electrons. The topological polar surface area (TPSA) is 452 Å². The van der Waals surface area contributed by atoms with Gasteiger partial charge in [0.25, 0.3) is 0 Å². The number of rotatable bonds is 33. The highest BCUT2D eigenvalue weighted by molar-refractivity contribution is 7.11. The molecule has 143 heavy (non-hydrogen) atoms. The summed E-state index contributed by atoms with van der Waals surface area (Å²) in [6.07, 6.45) is 19.6. The molecule has 4 saturated heterocycles. The second-order valence-corrected chi connectivity index (χ2v) is 41.1. The first-order valence-electron chi connectivity index (χ1n) is 50.7. The number of amides is 12. The van der Waals surface area contributed by atoms with E-state index in [-0.39, 0.29) is 107 Å². The maximum Gasteiger partial charge on any atom is 0.250 e. The molecule has 16 rings (SSSR count). The molecule has 12 atom stereocenters. The van der Waals surface area contributed by atoms with E-state index < -0.39 is 54.4 Å². The number of H-pyrrole nitrogens is 1. The molecule has 0 unspecified atom stereocenters. The number of nitrogens with zero attached hydrogens (tertiary/aromatic N) is 11. The zero-order valence-corrected chi connectivity index (χ0v) is 86.2. The van der Waals surface area contributed by atoms with Crippen LogP contribution in [0.2, 0.25) is 5.02 Å². The normalized spacial score (nSPS) is 20.1. The fraction of sp³-hybridized carbons (Fsp3) is 0.514. The fourth-order valence-electron chi connectivity index (χ4n) is 19.6. The van der Waals surface area contributed by atoms with Crippen LogP contribution in [0.4, 0.5) is 20.8 Å². The molecule has 4 aliphatic heterocycles. The number of anilines is 4. The van der Waals surface area contributed by atoms with Crippen LogP contribution in [0.25, 0.3) is 44.9 Å². The summed E-state index contributed by atoms with van der Waals surface area (Å²) in [5.74, 6) is -2.20. The van der Waals surface area contributed by atoms with Crippen molar-refractivity contribution in [2.75, 3.05) is 54.5 Å². The van der Waals surface area contributed by atoms with E-state index in [0.29, 0.717) is 164 Å². The maximum atomic E-state index is 13.8. The quantitative estimate of drug-likeness (QED) is 0.0182. The van der Waals surface area contributed by atoms with Crippen LogP contribution in [0, 0.1) is 42.4 Å². The summed E-state index contributed by atoms with van der Waals surface area (Å²) in [5, 5.41) is 58.7. The molecule has 4 aromatic heterocycles. The first kappa shape index (κ1) is 108. The van der Waals surface area contributed by atoms with E-state index in [0.717, 1.165) is 132 Å². The third kappa shape index (κ3) is 28.3. The van der Waals surface area contributed by atoms with Crippen LogP contribution < -0.4 is 47.9 Å². The smallest absolute Gasteiger partial charge is 0.250 e. The van der Waals surface area contributed by atoms with Crippen LogP contribution in [0.15, 0.2) is 146 Å². The van der Waals surface area contributed by atoms with Crippen molar-refractivity contribution in [1.82, 2.24) is 85.1 Å². The summed E-state index contributed by atoms with van der Waals surface area (Å²) in [5.41, 5.74) is 7.66. The second kappa shape index (κ2) is 52.9. The summed E-state index contributed by atoms with van der Waals surface area (Å²) >= 11 is 9.38. The molecule has 0 bridgehead atoms. The molecule has 7 aliphatic rings. The summed E-state index contributed by atoms with van der Waals surface area (Å²) < 4.78 is 12.0. The van der Waals surface area contributed by atoms with Gasteiger partial charge in [0.05, 0.1) is 12.1 Å². The standard InChI is InChI=1S/C27H38N6O3.C26H28ClN5O3S.C26H35N5O4S.C26H35N5O3S/c1-17-22(19-11-6-4-7-12-19)24(32-31-17)30-26(35)21-15-10-16-33(21)27(36)23(20-13-8-5-9-14-20)29-25(34)18(2)28-3;1-3-16(2)23(33)28-22(18-11-13-19(27)14-12-18)26(35)32-15-7-10-20(32)24(34)29-25-21(30-31-36-25)17-8-5-4-6-9-17;1-3-16(2)23(33)27-22(18-11-13-19(32)14-12-18)26(35)31-15-7-10-20(31)24(34)28-25-21(29-30-36-25)17-8-5-4-6-9-17;1-3-17(2)23(32)27-20(16-18-10-7-8-11-18)26(34)31-15-9-14-21(31)24(33)28-25-22(29-30-35-25)19-12-5-4-6-13-19/h4,6-7,11-12,18,20-21,23,28H,5,8-10,13-16H2,1-3H3,(H,29,34)(H2,30,31,32,35);4-6,8-9,11-14,16,20,22H,3,7,10,15H2,1-2H3,(H,28,33)(H,29,34);4-6,8-9,16,18-20,22,32H,3,7,10-15H2,1-2H3,(H,27,33)(H,28,34);4-6,12-13,17-18,20-21H,3,7-11,14-16H2,1-2H3,(H,27,32)(H,28,33)/t18-,21-,23-;16-,20+,22+;16-,18?,19?,20+,22+;17-,20+,21+/m0111/s1. The van der Waals surface area contributed by atoms with E-state index in [1.165, 1.54) is 12.8 Å². The number of aromatic nitrogens is 8. The fourth-order valence-corrected chi connectivity index (χ4v) is 21.6. The molecule has 5 aromatic carbocycles. The lowest BCUT2D eigenvalue weighted by Gasteiger charge is -2.36. The number of carbonyl (C=O) groups is 12. The van der Waals surface area contributed by atoms with Crippen molar-refractivity contribution < 1.29 is 62.6 Å². The lowest BCUT2D eigenvalue weighted by molar-refractivity contribution is -0.142. The number of aryl methyl sites for hydroxylation is 1. The predicted molar refractivity (Wildman–Crippen MR) is 554 cm³/mol. The number of aliphatic hydroxyl groups is 1. The molecular weight excluding hydrogens is 1890 g/mol. The van der Waals surface area contributed by atoms with Gasteiger partial charge in [-0.1, -0.05) is 245 Å². The third-order valence-electron chi connectivity index (χ3n) is 28.8. The van der Waals surface area contributed by atoms with Gasteiger partial charge in [-0.15, -0.1) is 15.3 Å². The van der Waals surface area contributed by atoms with Gasteiger partial charge in [0, 0.05) is 112 Å². The van der Waals surface area contributed by atoms with Crippen LogP contribution in [0.5, 0.6) is 0 Å². The number of hydrogen-bond donors (Lipinski definition) is 11. The Morgan fingerprint density at radius 3 is 1.19 bits per heavy atom. The molecule has 38 heteroatoms. The zero-order chi connectivity index (χ0) is 102. The third-order valence-corrected chi connectivity index (χ3v) is 31.0. The Hall–Kier alpha value is -12.2. The average Bonchev–Trinajstić information content (AvgIpc) is 1.72. The van der Waals surface area contributed by atoms with Crippen molar-refractivity contribution in [2.45, 2.75) is 276 Å². The van der Waals surface area contributed by atoms with Crippen LogP contribution in [0.1, 0.15) is 226 Å². The van der Waals surface area contributed by atoms with E-state index in [1.54, 1.807) is 57.8 Å². The largest absolute Gasteiger partial charge is 0.393 e. The predicted octanol–water partition coefficient (Wildman–Crippen LogP) is 15.1. The molecule has 0 spiro atoms. The number of likely N-dealkylation sites (tertiary alicyclic amines) is 4. The lowest BCUT2D eigenvalue weighted by atomic mass is 9.81. The minimum Gasteiger partial charge on any atom is -0.393 e. The van der Waals surface area contributed by atoms with Crippen molar-refractivity contribution in [3.63, 3.8) is 0 Å². The molecular formula is C105H136ClN21O13S3. The van der Waals surface area contributed by atoms with E-state index in [2.05, 4.69) is 86.8 Å². The summed E-state index contributed by atoms with van der Waals surface area (Å²) in [6.45, 7) is 17.0. The van der Waals surface area contributed by atoms with E-state index in [9.17, 15) is 62.6 Å². The van der Waals surface area contributed by atoms with Gasteiger partial charge >= 0.3 is 0 Å². The van der Waals surface area contributed by atoms with Gasteiger partial charge in [-0.25, -0.2) is 0 Å². The van der Waals surface area contributed by atoms with Gasteiger partial charge in [-0.2, -0.15) is 5.10 Å². The Morgan fingerprint density at radius 2 is 0.776 bits per heavy atom. The molecule has 11 N–H and O–H groups in total. The van der Waals surface area contributed by atoms with Crippen LogP contribution in [0.3, 0.4) is 0 Å². The molecule has 3 saturated carbocycles. The molecule has 764 valence electrons. The molecule has 9 aromatic rings. The van der Waals surface area contributed by atoms with E-state index in [4.69, 9.17) is 11.6 Å². The van der Waals surface area contributed by atoms with Gasteiger partial charge in [0.2, 0.25) is 70.9 Å². The Kier molecular flexibility index (Phi) is 40.0. The Labute approximate surface area is 853 Å². The Balaban J connectivity index is 0.000000160. The minimum atomic E-state index is -0.915.